The predicted octanol–water partition coefficient (Wildman–Crippen LogP) is 4.21. The van der Waals surface area contributed by atoms with E-state index in [1.165, 1.54) is 12.1 Å². The average Bonchev–Trinajstić information content (AvgIpc) is 2.53. The van der Waals surface area contributed by atoms with E-state index in [-0.39, 0.29) is 0 Å². The Labute approximate surface area is 165 Å². The van der Waals surface area contributed by atoms with Crippen molar-refractivity contribution in [2.75, 3.05) is 59.8 Å². The van der Waals surface area contributed by atoms with Crippen molar-refractivity contribution in [1.29, 1.82) is 0 Å². The minimum atomic E-state index is -1.44. The van der Waals surface area contributed by atoms with Crippen LogP contribution in [0.15, 0.2) is 0 Å². The molecule has 0 atom stereocenters. The van der Waals surface area contributed by atoms with Crippen molar-refractivity contribution >= 4 is 16.6 Å². The van der Waals surface area contributed by atoms with Gasteiger partial charge in [-0.3, -0.25) is 0 Å². The Morgan fingerprint density at radius 3 is 1.38 bits per heavy atom. The van der Waals surface area contributed by atoms with Gasteiger partial charge in [0.1, 0.15) is 0 Å². The summed E-state index contributed by atoms with van der Waals surface area (Å²) in [5, 5.41) is 0. The van der Waals surface area contributed by atoms with Crippen LogP contribution in [0.25, 0.3) is 0 Å². The highest BCUT2D eigenvalue weighted by molar-refractivity contribution is 6.71. The first-order valence-electron chi connectivity index (χ1n) is 10.3. The molecule has 0 radical (unpaired) electrons. The van der Waals surface area contributed by atoms with Crippen molar-refractivity contribution in [3.05, 3.63) is 0 Å². The number of likely N-dealkylation sites (N-methyl/N-ethyl adjacent to an activating group) is 1. The quantitative estimate of drug-likeness (QED) is 0.251. The van der Waals surface area contributed by atoms with Crippen molar-refractivity contribution in [1.82, 2.24) is 4.90 Å². The number of ether oxygens (including phenoxy) is 2. The molecule has 0 N–H and O–H groups in total. The largest absolute Gasteiger partial charge is 0.418 e. The summed E-state index contributed by atoms with van der Waals surface area (Å²) in [7, 11) is -0.759. The van der Waals surface area contributed by atoms with Crippen LogP contribution in [-0.2, 0) is 18.3 Å². The van der Waals surface area contributed by atoms with Gasteiger partial charge in [0.25, 0.3) is 0 Å². The molecule has 0 aliphatic rings. The minimum absolute atomic E-state index is 0.793. The monoisotopic (exact) mass is 407 g/mol. The molecular weight excluding hydrogens is 362 g/mol. The third-order valence-electron chi connectivity index (χ3n) is 4.44. The molecule has 0 aromatic carbocycles. The van der Waals surface area contributed by atoms with E-state index < -0.39 is 16.6 Å². The molecule has 0 rings (SSSR count). The molecule has 0 spiro atoms. The first-order valence-corrected chi connectivity index (χ1v) is 16.6. The summed E-state index contributed by atoms with van der Waals surface area (Å²) in [5.41, 5.74) is 0. The maximum Gasteiger partial charge on any atom is 0.186 e. The van der Waals surface area contributed by atoms with Crippen molar-refractivity contribution < 1.29 is 18.3 Å². The molecule has 0 bridgehead atoms. The zero-order valence-corrected chi connectivity index (χ0v) is 20.6. The van der Waals surface area contributed by atoms with Crippen LogP contribution in [0.3, 0.4) is 0 Å². The van der Waals surface area contributed by atoms with E-state index >= 15 is 0 Å². The second kappa shape index (κ2) is 15.2. The van der Waals surface area contributed by atoms with Gasteiger partial charge < -0.3 is 23.2 Å². The number of hydrogen-bond donors (Lipinski definition) is 0. The van der Waals surface area contributed by atoms with Gasteiger partial charge in [-0.2, -0.15) is 0 Å². The standard InChI is InChI=1S/C19H45NO4Si2/c1-8-23-25(4,5)18-10-14-21-16-12-20(3)13-17-22-15-11-19-26(6,7)24-9-2/h8-19H2,1-7H3. The summed E-state index contributed by atoms with van der Waals surface area (Å²) in [6.07, 6.45) is 2.21. The second-order valence-corrected chi connectivity index (χ2v) is 16.7. The SMILES string of the molecule is CCO[Si](C)(C)CCCOCCN(C)CCOCCC[Si](C)(C)OCC. The van der Waals surface area contributed by atoms with E-state index in [1.54, 1.807) is 0 Å². The summed E-state index contributed by atoms with van der Waals surface area (Å²) in [4.78, 5) is 2.28. The molecule has 0 saturated heterocycles. The van der Waals surface area contributed by atoms with Crippen LogP contribution in [0.1, 0.15) is 26.7 Å². The summed E-state index contributed by atoms with van der Waals surface area (Å²) in [6, 6.07) is 2.35. The van der Waals surface area contributed by atoms with E-state index in [1.807, 2.05) is 0 Å². The van der Waals surface area contributed by atoms with Gasteiger partial charge in [-0.1, -0.05) is 0 Å². The highest BCUT2D eigenvalue weighted by atomic mass is 28.4. The molecule has 5 nitrogen and oxygen atoms in total. The summed E-state index contributed by atoms with van der Waals surface area (Å²) >= 11 is 0. The van der Waals surface area contributed by atoms with E-state index in [9.17, 15) is 0 Å². The van der Waals surface area contributed by atoms with Crippen LogP contribution >= 0.6 is 0 Å². The second-order valence-electron chi connectivity index (χ2n) is 8.12. The topological polar surface area (TPSA) is 40.2 Å². The lowest BCUT2D eigenvalue weighted by atomic mass is 10.5. The van der Waals surface area contributed by atoms with Crippen molar-refractivity contribution in [3.63, 3.8) is 0 Å². The van der Waals surface area contributed by atoms with Crippen molar-refractivity contribution in [2.45, 2.75) is 65.0 Å². The fourth-order valence-corrected chi connectivity index (χ4v) is 6.73. The zero-order valence-electron chi connectivity index (χ0n) is 18.6. The van der Waals surface area contributed by atoms with E-state index in [0.29, 0.717) is 0 Å². The third kappa shape index (κ3) is 16.4. The van der Waals surface area contributed by atoms with Crippen molar-refractivity contribution in [2.24, 2.45) is 0 Å². The zero-order chi connectivity index (χ0) is 19.9. The molecule has 0 amide bonds. The normalized spacial score (nSPS) is 12.9. The van der Waals surface area contributed by atoms with Crippen LogP contribution in [0, 0.1) is 0 Å². The molecule has 26 heavy (non-hydrogen) atoms. The highest BCUT2D eigenvalue weighted by Crippen LogP contribution is 2.14. The van der Waals surface area contributed by atoms with Crippen LogP contribution in [0.5, 0.6) is 0 Å². The highest BCUT2D eigenvalue weighted by Gasteiger charge is 2.21. The molecule has 0 fully saturated rings. The fourth-order valence-electron chi connectivity index (χ4n) is 2.88. The lowest BCUT2D eigenvalue weighted by molar-refractivity contribution is 0.0840. The van der Waals surface area contributed by atoms with Crippen molar-refractivity contribution in [3.8, 4) is 0 Å². The molecule has 0 saturated carbocycles. The maximum atomic E-state index is 5.83. The predicted molar refractivity (Wildman–Crippen MR) is 116 cm³/mol. The molecule has 0 aliphatic carbocycles. The van der Waals surface area contributed by atoms with E-state index in [2.05, 4.69) is 52.0 Å². The van der Waals surface area contributed by atoms with Gasteiger partial charge in [-0.15, -0.1) is 0 Å². The minimum Gasteiger partial charge on any atom is -0.418 e. The molecule has 0 aliphatic heterocycles. The molecule has 0 aromatic rings. The fraction of sp³-hybridized carbons (Fsp3) is 1.00. The van der Waals surface area contributed by atoms with Crippen LogP contribution in [-0.4, -0.2) is 81.3 Å². The average molecular weight is 408 g/mol. The van der Waals surface area contributed by atoms with Gasteiger partial charge in [-0.25, -0.2) is 0 Å². The smallest absolute Gasteiger partial charge is 0.186 e. The Hall–Kier alpha value is 0.234. The first kappa shape index (κ1) is 26.2. The third-order valence-corrected chi connectivity index (χ3v) is 9.70. The van der Waals surface area contributed by atoms with Gasteiger partial charge in [-0.05, 0) is 72.0 Å². The molecule has 7 heteroatoms. The van der Waals surface area contributed by atoms with Gasteiger partial charge in [0.2, 0.25) is 0 Å². The number of hydrogen-bond acceptors (Lipinski definition) is 5. The van der Waals surface area contributed by atoms with Crippen LogP contribution in [0.2, 0.25) is 38.3 Å². The van der Waals surface area contributed by atoms with E-state index in [0.717, 1.165) is 65.6 Å². The summed E-state index contributed by atoms with van der Waals surface area (Å²) in [5.74, 6) is 0. The molecule has 158 valence electrons. The van der Waals surface area contributed by atoms with Gasteiger partial charge in [0, 0.05) is 39.5 Å². The van der Waals surface area contributed by atoms with Gasteiger partial charge in [0.05, 0.1) is 13.2 Å². The Morgan fingerprint density at radius 1 is 0.654 bits per heavy atom. The molecule has 0 aromatic heterocycles. The molecule has 0 unspecified atom stereocenters. The van der Waals surface area contributed by atoms with E-state index in [4.69, 9.17) is 18.3 Å². The van der Waals surface area contributed by atoms with Gasteiger partial charge in [0.15, 0.2) is 16.6 Å². The Balaban J connectivity index is 3.46. The Morgan fingerprint density at radius 2 is 1.04 bits per heavy atom. The Kier molecular flexibility index (Phi) is 15.3. The number of nitrogens with zero attached hydrogens (tertiary/aromatic N) is 1. The lowest BCUT2D eigenvalue weighted by Crippen LogP contribution is -2.31. The molecular formula is C19H45NO4Si2. The maximum absolute atomic E-state index is 5.83. The van der Waals surface area contributed by atoms with Gasteiger partial charge >= 0.3 is 0 Å². The van der Waals surface area contributed by atoms with Crippen LogP contribution in [0.4, 0.5) is 0 Å². The summed E-state index contributed by atoms with van der Waals surface area (Å²) < 4.78 is 23.2. The number of rotatable bonds is 18. The first-order chi connectivity index (χ1) is 12.2. The summed E-state index contributed by atoms with van der Waals surface area (Å²) in [6.45, 7) is 20.1. The lowest BCUT2D eigenvalue weighted by Gasteiger charge is -2.22. The molecule has 0 heterocycles. The Bertz CT molecular complexity index is 301. The van der Waals surface area contributed by atoms with Crippen LogP contribution < -0.4 is 0 Å².